The van der Waals surface area contributed by atoms with E-state index in [2.05, 4.69) is 11.3 Å². The molecule has 0 aromatic carbocycles. The van der Waals surface area contributed by atoms with E-state index in [0.29, 0.717) is 0 Å². The van der Waals surface area contributed by atoms with E-state index >= 15 is 0 Å². The molecule has 16 heteroatoms. The predicted octanol–water partition coefficient (Wildman–Crippen LogP) is 6.84. The van der Waals surface area contributed by atoms with Crippen LogP contribution in [0.3, 0.4) is 0 Å². The zero-order chi connectivity index (χ0) is 26.8. The summed E-state index contributed by atoms with van der Waals surface area (Å²) in [6.07, 6.45) is -23.7. The first-order valence-corrected chi connectivity index (χ1v) is 9.35. The number of halogens is 14. The highest BCUT2D eigenvalue weighted by Crippen LogP contribution is 2.55. The smallest absolute Gasteiger partial charge is 0.369 e. The number of hydrogen-bond acceptors (Lipinski definition) is 2. The lowest BCUT2D eigenvalue weighted by atomic mass is 9.74. The summed E-state index contributed by atoms with van der Waals surface area (Å²) in [7, 11) is 0. The van der Waals surface area contributed by atoms with E-state index in [-0.39, 0.29) is 11.0 Å². The number of ether oxygens (including phenoxy) is 1. The summed E-state index contributed by atoms with van der Waals surface area (Å²) in [4.78, 5) is -0.0446. The van der Waals surface area contributed by atoms with E-state index in [1.54, 1.807) is 0 Å². The number of alkyl halides is 14. The molecule has 34 heavy (non-hydrogen) atoms. The van der Waals surface area contributed by atoms with Crippen molar-refractivity contribution in [2.24, 2.45) is 5.41 Å². The number of hydrogen-bond donors (Lipinski definition) is 0. The molecule has 2 atom stereocenters. The first-order valence-electron chi connectivity index (χ1n) is 9.35. The van der Waals surface area contributed by atoms with Crippen LogP contribution in [0.2, 0.25) is 0 Å². The summed E-state index contributed by atoms with van der Waals surface area (Å²) >= 11 is 0. The van der Waals surface area contributed by atoms with E-state index in [4.69, 9.17) is 0 Å². The van der Waals surface area contributed by atoms with Crippen molar-refractivity contribution in [2.45, 2.75) is 55.9 Å². The summed E-state index contributed by atoms with van der Waals surface area (Å²) in [5.41, 5.74) is -4.69. The maximum absolute atomic E-state index is 14.7. The number of nitrogens with zero attached hydrogens (tertiary/aromatic N) is 1. The van der Waals surface area contributed by atoms with Crippen LogP contribution in [0.25, 0.3) is 0 Å². The van der Waals surface area contributed by atoms with Crippen molar-refractivity contribution in [3.05, 3.63) is 24.3 Å². The highest BCUT2D eigenvalue weighted by atomic mass is 19.4. The molecule has 0 aromatic rings. The van der Waals surface area contributed by atoms with Gasteiger partial charge >= 0.3 is 24.6 Å². The van der Waals surface area contributed by atoms with Gasteiger partial charge in [-0.1, -0.05) is 17.7 Å². The Bertz CT molecular complexity index is 724. The van der Waals surface area contributed by atoms with Crippen LogP contribution in [-0.2, 0) is 4.74 Å². The molecule has 0 spiro atoms. The van der Waals surface area contributed by atoms with Crippen molar-refractivity contribution in [3.63, 3.8) is 0 Å². The van der Waals surface area contributed by atoms with Gasteiger partial charge in [-0.25, -0.2) is 26.9 Å². The standard InChI is InChI=1S/C18H19F14NO/c1-2-13(17(27,28)29,8-11-4-3-6-33(7-5-11)18(30,31)32)15(22,23)10-34-9-14(20,21)12(19)16(24,25)26/h2,4,12H,1,3,5-10H2. The van der Waals surface area contributed by atoms with Gasteiger partial charge in [0.05, 0.1) is 0 Å². The zero-order valence-electron chi connectivity index (χ0n) is 17.0. The Balaban J connectivity index is 3.10. The second-order valence-electron chi connectivity index (χ2n) is 7.57. The average Bonchev–Trinajstić information content (AvgIpc) is 2.88. The van der Waals surface area contributed by atoms with Gasteiger partial charge in [0.2, 0.25) is 0 Å². The van der Waals surface area contributed by atoms with Crippen molar-refractivity contribution in [1.82, 2.24) is 4.90 Å². The van der Waals surface area contributed by atoms with Gasteiger partial charge in [0.25, 0.3) is 12.1 Å². The van der Waals surface area contributed by atoms with Crippen LogP contribution < -0.4 is 0 Å². The Morgan fingerprint density at radius 2 is 1.47 bits per heavy atom. The molecule has 0 amide bonds. The molecular weight excluding hydrogens is 512 g/mol. The minimum Gasteiger partial charge on any atom is -0.369 e. The lowest BCUT2D eigenvalue weighted by molar-refractivity contribution is -0.296. The summed E-state index contributed by atoms with van der Waals surface area (Å²) in [5, 5.41) is 0. The van der Waals surface area contributed by atoms with Crippen LogP contribution in [0.1, 0.15) is 19.3 Å². The molecule has 200 valence electrons. The highest BCUT2D eigenvalue weighted by molar-refractivity contribution is 5.18. The van der Waals surface area contributed by atoms with Crippen LogP contribution >= 0.6 is 0 Å². The quantitative estimate of drug-likeness (QED) is 0.184. The van der Waals surface area contributed by atoms with Crippen molar-refractivity contribution in [1.29, 1.82) is 0 Å². The minimum atomic E-state index is -6.09. The van der Waals surface area contributed by atoms with Crippen molar-refractivity contribution in [2.75, 3.05) is 26.3 Å². The second-order valence-corrected chi connectivity index (χ2v) is 7.57. The van der Waals surface area contributed by atoms with Gasteiger partial charge in [-0.05, 0) is 19.3 Å². The molecule has 0 bridgehead atoms. The van der Waals surface area contributed by atoms with Crippen LogP contribution in [0.15, 0.2) is 24.3 Å². The van der Waals surface area contributed by atoms with Gasteiger partial charge in [0, 0.05) is 13.1 Å². The van der Waals surface area contributed by atoms with E-state index in [0.717, 1.165) is 6.08 Å². The largest absolute Gasteiger partial charge is 0.459 e. The van der Waals surface area contributed by atoms with Gasteiger partial charge in [0.1, 0.15) is 13.2 Å². The summed E-state index contributed by atoms with van der Waals surface area (Å²) in [6, 6.07) is 0. The average molecular weight is 531 g/mol. The molecule has 1 aliphatic heterocycles. The van der Waals surface area contributed by atoms with Gasteiger partial charge < -0.3 is 4.74 Å². The van der Waals surface area contributed by atoms with Crippen LogP contribution in [0.4, 0.5) is 61.5 Å². The molecule has 1 aliphatic rings. The molecule has 0 saturated carbocycles. The van der Waals surface area contributed by atoms with E-state index in [1.165, 1.54) is 0 Å². The molecule has 0 aliphatic carbocycles. The molecule has 2 nitrogen and oxygen atoms in total. The van der Waals surface area contributed by atoms with E-state index in [9.17, 15) is 61.5 Å². The third-order valence-corrected chi connectivity index (χ3v) is 5.14. The molecule has 2 unspecified atom stereocenters. The Kier molecular flexibility index (Phi) is 9.13. The molecule has 1 rings (SSSR count). The summed E-state index contributed by atoms with van der Waals surface area (Å²) in [5.74, 6) is -10.5. The molecule has 0 N–H and O–H groups in total. The topological polar surface area (TPSA) is 12.5 Å². The monoisotopic (exact) mass is 531 g/mol. The first-order chi connectivity index (χ1) is 15.1. The fourth-order valence-corrected chi connectivity index (χ4v) is 3.22. The van der Waals surface area contributed by atoms with Crippen LogP contribution in [0, 0.1) is 5.41 Å². The normalized spacial score (nSPS) is 20.4. The second kappa shape index (κ2) is 10.2. The highest BCUT2D eigenvalue weighted by Gasteiger charge is 2.68. The van der Waals surface area contributed by atoms with Gasteiger partial charge in [-0.2, -0.15) is 39.5 Å². The third-order valence-electron chi connectivity index (χ3n) is 5.14. The Labute approximate surface area is 184 Å². The van der Waals surface area contributed by atoms with E-state index < -0.39 is 93.2 Å². The minimum absolute atomic E-state index is 0.0446. The number of rotatable bonds is 9. The van der Waals surface area contributed by atoms with Gasteiger partial charge in [0.15, 0.2) is 5.41 Å². The van der Waals surface area contributed by atoms with Crippen molar-refractivity contribution >= 4 is 0 Å². The zero-order valence-corrected chi connectivity index (χ0v) is 17.0. The molecule has 0 radical (unpaired) electrons. The lowest BCUT2D eigenvalue weighted by Gasteiger charge is -2.40. The third kappa shape index (κ3) is 6.98. The fourth-order valence-electron chi connectivity index (χ4n) is 3.22. The van der Waals surface area contributed by atoms with Crippen molar-refractivity contribution < 1.29 is 66.2 Å². The Hall–Kier alpha value is -1.58. The Morgan fingerprint density at radius 1 is 0.912 bits per heavy atom. The maximum Gasteiger partial charge on any atom is 0.459 e. The molecule has 0 aromatic heterocycles. The predicted molar refractivity (Wildman–Crippen MR) is 89.9 cm³/mol. The Morgan fingerprint density at radius 3 is 1.91 bits per heavy atom. The first kappa shape index (κ1) is 30.5. The van der Waals surface area contributed by atoms with Crippen LogP contribution in [0.5, 0.6) is 0 Å². The molecule has 0 fully saturated rings. The summed E-state index contributed by atoms with van der Waals surface area (Å²) < 4.78 is 188. The lowest BCUT2D eigenvalue weighted by Crippen LogP contribution is -2.54. The van der Waals surface area contributed by atoms with Crippen LogP contribution in [-0.4, -0.2) is 67.9 Å². The van der Waals surface area contributed by atoms with Gasteiger partial charge in [-0.3, -0.25) is 0 Å². The van der Waals surface area contributed by atoms with Crippen molar-refractivity contribution in [3.8, 4) is 0 Å². The maximum atomic E-state index is 14.7. The fraction of sp³-hybridized carbons (Fsp3) is 0.778. The number of allylic oxidation sites excluding steroid dienone is 1. The van der Waals surface area contributed by atoms with Gasteiger partial charge in [-0.15, -0.1) is 6.58 Å². The molecular formula is C18H19F14NO. The summed E-state index contributed by atoms with van der Waals surface area (Å²) in [6.45, 7) is -3.91. The van der Waals surface area contributed by atoms with E-state index in [1.807, 2.05) is 0 Å². The molecule has 1 heterocycles. The molecule has 0 saturated heterocycles. The SMILES string of the molecule is C=CC(CC1=CCCN(C(F)(F)F)CC1)(C(F)(F)F)C(F)(F)COCC(F)(F)C(F)C(F)(F)F.